The molecule has 1 unspecified atom stereocenters. The summed E-state index contributed by atoms with van der Waals surface area (Å²) < 4.78 is 24.7. The summed E-state index contributed by atoms with van der Waals surface area (Å²) in [6.45, 7) is 0.168. The number of benzene rings is 3. The highest BCUT2D eigenvalue weighted by Crippen LogP contribution is 2.40. The fourth-order valence-corrected chi connectivity index (χ4v) is 4.27. The number of rotatable bonds is 4. The number of hydrogen-bond acceptors (Lipinski definition) is 4. The van der Waals surface area contributed by atoms with Crippen molar-refractivity contribution in [3.05, 3.63) is 110 Å². The molecule has 5 rings (SSSR count). The van der Waals surface area contributed by atoms with E-state index in [1.807, 2.05) is 6.07 Å². The number of amides is 1. The van der Waals surface area contributed by atoms with Crippen LogP contribution in [0.15, 0.2) is 75.9 Å². The number of ether oxygens (including phenoxy) is 1. The van der Waals surface area contributed by atoms with Gasteiger partial charge in [-0.2, -0.15) is 0 Å². The van der Waals surface area contributed by atoms with Gasteiger partial charge in [0.05, 0.1) is 24.1 Å². The van der Waals surface area contributed by atoms with E-state index < -0.39 is 11.9 Å². The normalized spacial score (nSPS) is 15.3. The lowest BCUT2D eigenvalue weighted by atomic mass is 9.98. The van der Waals surface area contributed by atoms with Crippen molar-refractivity contribution in [2.24, 2.45) is 0 Å². The van der Waals surface area contributed by atoms with Gasteiger partial charge in [0, 0.05) is 11.6 Å². The Bertz CT molecular complexity index is 1410. The Morgan fingerprint density at radius 3 is 2.59 bits per heavy atom. The Morgan fingerprint density at radius 2 is 1.84 bits per heavy atom. The first-order valence-electron chi connectivity index (χ1n) is 9.92. The molecule has 0 fully saturated rings. The molecule has 1 aromatic heterocycles. The number of methoxy groups -OCH3 is 1. The second-order valence-corrected chi connectivity index (χ2v) is 7.99. The summed E-state index contributed by atoms with van der Waals surface area (Å²) in [6, 6.07) is 17.1. The van der Waals surface area contributed by atoms with Gasteiger partial charge in [-0.05, 0) is 53.6 Å². The molecule has 160 valence electrons. The quantitative estimate of drug-likeness (QED) is 0.422. The Hall–Kier alpha value is -3.64. The molecule has 3 aromatic carbocycles. The first kappa shape index (κ1) is 20.3. The zero-order valence-corrected chi connectivity index (χ0v) is 17.7. The molecule has 4 aromatic rings. The van der Waals surface area contributed by atoms with E-state index in [0.29, 0.717) is 27.3 Å². The maximum absolute atomic E-state index is 13.5. The van der Waals surface area contributed by atoms with E-state index in [-0.39, 0.29) is 29.1 Å². The topological polar surface area (TPSA) is 59.8 Å². The van der Waals surface area contributed by atoms with Gasteiger partial charge in [0.2, 0.25) is 5.76 Å². The molecular weight excluding hydrogens is 433 g/mol. The lowest BCUT2D eigenvalue weighted by Crippen LogP contribution is -2.29. The third-order valence-corrected chi connectivity index (χ3v) is 5.84. The van der Waals surface area contributed by atoms with Crippen LogP contribution in [0, 0.1) is 5.82 Å². The van der Waals surface area contributed by atoms with Crippen molar-refractivity contribution in [3.8, 4) is 5.75 Å². The second kappa shape index (κ2) is 7.80. The smallest absolute Gasteiger partial charge is 0.291 e. The third-order valence-electron chi connectivity index (χ3n) is 5.60. The second-order valence-electron chi connectivity index (χ2n) is 7.55. The van der Waals surface area contributed by atoms with Gasteiger partial charge in [0.25, 0.3) is 5.91 Å². The summed E-state index contributed by atoms with van der Waals surface area (Å²) in [4.78, 5) is 28.5. The van der Waals surface area contributed by atoms with Crippen molar-refractivity contribution in [2.45, 2.75) is 12.6 Å². The van der Waals surface area contributed by atoms with E-state index in [1.54, 1.807) is 60.5 Å². The van der Waals surface area contributed by atoms with E-state index in [9.17, 15) is 14.0 Å². The zero-order valence-electron chi connectivity index (χ0n) is 17.0. The average molecular weight is 450 g/mol. The summed E-state index contributed by atoms with van der Waals surface area (Å²) in [5.74, 6) is -0.182. The van der Waals surface area contributed by atoms with Gasteiger partial charge in [0.1, 0.15) is 17.1 Å². The third kappa shape index (κ3) is 3.33. The van der Waals surface area contributed by atoms with Crippen LogP contribution in [-0.2, 0) is 6.54 Å². The van der Waals surface area contributed by atoms with Crippen molar-refractivity contribution < 1.29 is 18.3 Å². The van der Waals surface area contributed by atoms with E-state index >= 15 is 0 Å². The van der Waals surface area contributed by atoms with E-state index in [1.165, 1.54) is 12.1 Å². The van der Waals surface area contributed by atoms with Crippen LogP contribution >= 0.6 is 11.6 Å². The molecule has 0 radical (unpaired) electrons. The van der Waals surface area contributed by atoms with Crippen LogP contribution in [0.3, 0.4) is 0 Å². The molecule has 0 spiro atoms. The molecule has 1 aliphatic rings. The maximum Gasteiger partial charge on any atom is 0.291 e. The first-order chi connectivity index (χ1) is 15.5. The summed E-state index contributed by atoms with van der Waals surface area (Å²) >= 11 is 6.11. The van der Waals surface area contributed by atoms with Gasteiger partial charge in [-0.3, -0.25) is 9.59 Å². The summed E-state index contributed by atoms with van der Waals surface area (Å²) in [5.41, 5.74) is 1.65. The molecule has 7 heteroatoms. The van der Waals surface area contributed by atoms with Crippen LogP contribution in [0.1, 0.15) is 33.3 Å². The molecule has 0 N–H and O–H groups in total. The summed E-state index contributed by atoms with van der Waals surface area (Å²) in [7, 11) is 1.55. The zero-order chi connectivity index (χ0) is 22.4. The highest BCUT2D eigenvalue weighted by atomic mass is 35.5. The Kier molecular flexibility index (Phi) is 4.94. The van der Waals surface area contributed by atoms with Gasteiger partial charge in [0.15, 0.2) is 5.43 Å². The average Bonchev–Trinajstić information content (AvgIpc) is 3.08. The van der Waals surface area contributed by atoms with Gasteiger partial charge in [-0.1, -0.05) is 35.9 Å². The van der Waals surface area contributed by atoms with Crippen molar-refractivity contribution >= 4 is 28.5 Å². The first-order valence-corrected chi connectivity index (χ1v) is 10.3. The van der Waals surface area contributed by atoms with Crippen molar-refractivity contribution in [1.82, 2.24) is 4.90 Å². The minimum atomic E-state index is -0.697. The Labute approximate surface area is 187 Å². The number of fused-ring (bicyclic) bond motifs is 2. The lowest BCUT2D eigenvalue weighted by Gasteiger charge is -2.25. The summed E-state index contributed by atoms with van der Waals surface area (Å²) in [5, 5.41) is 0.704. The minimum absolute atomic E-state index is 0.000228. The number of nitrogens with zero attached hydrogens (tertiary/aromatic N) is 1. The van der Waals surface area contributed by atoms with E-state index in [4.69, 9.17) is 20.8 Å². The molecule has 1 aliphatic heterocycles. The highest BCUT2D eigenvalue weighted by Gasteiger charge is 2.42. The van der Waals surface area contributed by atoms with Crippen molar-refractivity contribution in [3.63, 3.8) is 0 Å². The highest BCUT2D eigenvalue weighted by molar-refractivity contribution is 6.31. The Morgan fingerprint density at radius 1 is 1.06 bits per heavy atom. The molecule has 1 atom stereocenters. The maximum atomic E-state index is 13.5. The van der Waals surface area contributed by atoms with Crippen molar-refractivity contribution in [1.29, 1.82) is 0 Å². The largest absolute Gasteiger partial charge is 0.497 e. The van der Waals surface area contributed by atoms with Gasteiger partial charge >= 0.3 is 0 Å². The van der Waals surface area contributed by atoms with E-state index in [0.717, 1.165) is 5.56 Å². The van der Waals surface area contributed by atoms with E-state index in [2.05, 4.69) is 0 Å². The van der Waals surface area contributed by atoms with Crippen molar-refractivity contribution in [2.75, 3.05) is 7.11 Å². The number of carbonyl (C=O) groups excluding carboxylic acids is 1. The van der Waals surface area contributed by atoms with Crippen LogP contribution < -0.4 is 10.2 Å². The number of carbonyl (C=O) groups is 1. The monoisotopic (exact) mass is 449 g/mol. The molecule has 0 saturated carbocycles. The Balaban J connectivity index is 1.72. The molecule has 5 nitrogen and oxygen atoms in total. The molecule has 0 bridgehead atoms. The SMILES string of the molecule is COc1cccc(C2c3c(oc4ccc(Cl)cc4c3=O)C(=O)N2Cc2ccc(F)cc2)c1. The predicted octanol–water partition coefficient (Wildman–Crippen LogP) is 5.34. The molecular formula is C25H17ClFNO4. The van der Waals surface area contributed by atoms with Crippen LogP contribution in [0.25, 0.3) is 11.0 Å². The fraction of sp³-hybridized carbons (Fsp3) is 0.120. The molecule has 1 amide bonds. The van der Waals surface area contributed by atoms with Gasteiger partial charge < -0.3 is 14.1 Å². The molecule has 0 saturated heterocycles. The number of halogens is 2. The predicted molar refractivity (Wildman–Crippen MR) is 119 cm³/mol. The van der Waals surface area contributed by atoms with Crippen LogP contribution in [0.4, 0.5) is 4.39 Å². The molecule has 0 aliphatic carbocycles. The van der Waals surface area contributed by atoms with Crippen LogP contribution in [0.2, 0.25) is 5.02 Å². The lowest BCUT2D eigenvalue weighted by molar-refractivity contribution is 0.0714. The molecule has 2 heterocycles. The summed E-state index contributed by atoms with van der Waals surface area (Å²) in [6.07, 6.45) is 0. The molecule has 32 heavy (non-hydrogen) atoms. The van der Waals surface area contributed by atoms with Crippen LogP contribution in [0.5, 0.6) is 5.75 Å². The standard InChI is InChI=1S/C25H17ClFNO4/c1-31-18-4-2-3-15(11-18)22-21-23(29)19-12-16(26)7-10-20(19)32-24(21)25(30)28(22)13-14-5-8-17(27)9-6-14/h2-12,22H,13H2,1H3. The van der Waals surface area contributed by atoms with Crippen LogP contribution in [-0.4, -0.2) is 17.9 Å². The van der Waals surface area contributed by atoms with Gasteiger partial charge in [-0.25, -0.2) is 4.39 Å². The number of hydrogen-bond donors (Lipinski definition) is 0. The van der Waals surface area contributed by atoms with Gasteiger partial charge in [-0.15, -0.1) is 0 Å². The minimum Gasteiger partial charge on any atom is -0.497 e. The fourth-order valence-electron chi connectivity index (χ4n) is 4.10.